The number of aromatic nitrogens is 3. The molecule has 2 rings (SSSR count). The van der Waals surface area contributed by atoms with Crippen LogP contribution in [0.1, 0.15) is 19.4 Å². The smallest absolute Gasteiger partial charge is 0.224 e. The van der Waals surface area contributed by atoms with Crippen LogP contribution in [0.2, 0.25) is 0 Å². The Hall–Kier alpha value is -2.37. The van der Waals surface area contributed by atoms with Crippen LogP contribution in [0, 0.1) is 6.92 Å². The number of methoxy groups -OCH3 is 1. The summed E-state index contributed by atoms with van der Waals surface area (Å²) in [7, 11) is 3.37. The van der Waals surface area contributed by atoms with Gasteiger partial charge in [-0.25, -0.2) is 9.97 Å². The van der Waals surface area contributed by atoms with E-state index in [1.54, 1.807) is 32.6 Å². The zero-order chi connectivity index (χ0) is 15.0. The molecule has 0 atom stereocenters. The Morgan fingerprint density at radius 2 is 1.85 bits per heavy atom. The molecule has 0 aliphatic rings. The molecule has 2 aromatic heterocycles. The van der Waals surface area contributed by atoms with E-state index in [1.165, 1.54) is 0 Å². The first-order chi connectivity index (χ1) is 9.72. The standard InChI is InChI=1S/C12H15N5O.C2H6/c1-8-6-15-12(13-2)17-11(8)16-9-4-5-10(18-3)14-7-9;1-2/h4-7H,1-3H3,(H2,13,15,16,17);1-2H3. The zero-order valence-electron chi connectivity index (χ0n) is 12.6. The molecule has 0 bridgehead atoms. The average Bonchev–Trinajstić information content (AvgIpc) is 2.52. The van der Waals surface area contributed by atoms with Gasteiger partial charge in [-0.15, -0.1) is 0 Å². The van der Waals surface area contributed by atoms with Crippen molar-refractivity contribution in [1.82, 2.24) is 15.0 Å². The van der Waals surface area contributed by atoms with Gasteiger partial charge in [0.1, 0.15) is 5.82 Å². The summed E-state index contributed by atoms with van der Waals surface area (Å²) in [6.45, 7) is 5.94. The summed E-state index contributed by atoms with van der Waals surface area (Å²) >= 11 is 0. The maximum Gasteiger partial charge on any atom is 0.224 e. The first-order valence-electron chi connectivity index (χ1n) is 6.51. The third-order valence-corrected chi connectivity index (χ3v) is 2.40. The van der Waals surface area contributed by atoms with E-state index in [2.05, 4.69) is 25.6 Å². The van der Waals surface area contributed by atoms with E-state index < -0.39 is 0 Å². The van der Waals surface area contributed by atoms with Crippen molar-refractivity contribution in [2.75, 3.05) is 24.8 Å². The van der Waals surface area contributed by atoms with Crippen molar-refractivity contribution in [2.24, 2.45) is 0 Å². The third kappa shape index (κ3) is 4.08. The number of ether oxygens (including phenoxy) is 1. The third-order valence-electron chi connectivity index (χ3n) is 2.40. The van der Waals surface area contributed by atoms with Crippen LogP contribution in [0.15, 0.2) is 24.5 Å². The fraction of sp³-hybridized carbons (Fsp3) is 0.357. The van der Waals surface area contributed by atoms with Gasteiger partial charge < -0.3 is 15.4 Å². The Labute approximate surface area is 119 Å². The second-order valence-corrected chi connectivity index (χ2v) is 3.69. The van der Waals surface area contributed by atoms with Gasteiger partial charge in [-0.3, -0.25) is 0 Å². The highest BCUT2D eigenvalue weighted by atomic mass is 16.5. The Kier molecular flexibility index (Phi) is 6.22. The molecular formula is C14H21N5O. The zero-order valence-corrected chi connectivity index (χ0v) is 12.6. The van der Waals surface area contributed by atoms with Gasteiger partial charge in [-0.1, -0.05) is 13.8 Å². The SMILES string of the molecule is CC.CNc1ncc(C)c(Nc2ccc(OC)nc2)n1. The first-order valence-corrected chi connectivity index (χ1v) is 6.51. The van der Waals surface area contributed by atoms with Crippen molar-refractivity contribution in [3.8, 4) is 5.88 Å². The molecule has 0 aliphatic heterocycles. The minimum absolute atomic E-state index is 0.574. The monoisotopic (exact) mass is 275 g/mol. The Morgan fingerprint density at radius 1 is 1.10 bits per heavy atom. The van der Waals surface area contributed by atoms with Crippen LogP contribution in [0.25, 0.3) is 0 Å². The molecule has 0 aromatic carbocycles. The first kappa shape index (κ1) is 15.7. The number of aryl methyl sites for hydroxylation is 1. The van der Waals surface area contributed by atoms with Gasteiger partial charge in [0.2, 0.25) is 11.8 Å². The van der Waals surface area contributed by atoms with Crippen LogP contribution in [0.3, 0.4) is 0 Å². The summed E-state index contributed by atoms with van der Waals surface area (Å²) < 4.78 is 5.01. The predicted molar refractivity (Wildman–Crippen MR) is 81.7 cm³/mol. The lowest BCUT2D eigenvalue weighted by Gasteiger charge is -2.09. The quantitative estimate of drug-likeness (QED) is 0.893. The van der Waals surface area contributed by atoms with E-state index in [1.807, 2.05) is 26.8 Å². The Bertz CT molecular complexity index is 528. The lowest BCUT2D eigenvalue weighted by molar-refractivity contribution is 0.398. The molecule has 0 aliphatic carbocycles. The molecule has 6 nitrogen and oxygen atoms in total. The highest BCUT2D eigenvalue weighted by Crippen LogP contribution is 2.19. The number of nitrogens with zero attached hydrogens (tertiary/aromatic N) is 3. The van der Waals surface area contributed by atoms with Gasteiger partial charge >= 0.3 is 0 Å². The van der Waals surface area contributed by atoms with Crippen molar-refractivity contribution in [2.45, 2.75) is 20.8 Å². The summed E-state index contributed by atoms with van der Waals surface area (Å²) in [5.41, 5.74) is 1.81. The molecule has 0 radical (unpaired) electrons. The van der Waals surface area contributed by atoms with E-state index in [4.69, 9.17) is 4.74 Å². The molecule has 0 unspecified atom stereocenters. The van der Waals surface area contributed by atoms with Crippen LogP contribution < -0.4 is 15.4 Å². The fourth-order valence-corrected chi connectivity index (χ4v) is 1.40. The second-order valence-electron chi connectivity index (χ2n) is 3.69. The van der Waals surface area contributed by atoms with Gasteiger partial charge in [0.25, 0.3) is 0 Å². The number of rotatable bonds is 4. The van der Waals surface area contributed by atoms with Gasteiger partial charge in [0.05, 0.1) is 19.0 Å². The van der Waals surface area contributed by atoms with Crippen molar-refractivity contribution >= 4 is 17.5 Å². The summed E-state index contributed by atoms with van der Waals surface area (Å²) in [5, 5.41) is 6.09. The lowest BCUT2D eigenvalue weighted by atomic mass is 10.3. The normalized spacial score (nSPS) is 9.25. The van der Waals surface area contributed by atoms with Crippen molar-refractivity contribution < 1.29 is 4.74 Å². The highest BCUT2D eigenvalue weighted by molar-refractivity contribution is 5.59. The molecule has 108 valence electrons. The fourth-order valence-electron chi connectivity index (χ4n) is 1.40. The van der Waals surface area contributed by atoms with Crippen molar-refractivity contribution in [3.05, 3.63) is 30.1 Å². The molecule has 20 heavy (non-hydrogen) atoms. The van der Waals surface area contributed by atoms with Gasteiger partial charge in [-0.05, 0) is 13.0 Å². The topological polar surface area (TPSA) is 72.0 Å². The predicted octanol–water partition coefficient (Wildman–Crippen LogP) is 3.00. The average molecular weight is 275 g/mol. The largest absolute Gasteiger partial charge is 0.481 e. The van der Waals surface area contributed by atoms with Crippen LogP contribution in [0.5, 0.6) is 5.88 Å². The molecule has 0 saturated heterocycles. The lowest BCUT2D eigenvalue weighted by Crippen LogP contribution is -2.02. The molecule has 2 heterocycles. The summed E-state index contributed by atoms with van der Waals surface area (Å²) in [5.74, 6) is 1.90. The molecule has 0 amide bonds. The molecule has 0 saturated carbocycles. The Balaban J connectivity index is 0.000000956. The van der Waals surface area contributed by atoms with E-state index in [0.29, 0.717) is 11.8 Å². The molecule has 2 aromatic rings. The van der Waals surface area contributed by atoms with Crippen LogP contribution in [0.4, 0.5) is 17.5 Å². The molecule has 0 spiro atoms. The molecule has 6 heteroatoms. The van der Waals surface area contributed by atoms with Crippen LogP contribution >= 0.6 is 0 Å². The maximum absolute atomic E-state index is 5.01. The summed E-state index contributed by atoms with van der Waals surface area (Å²) in [6, 6.07) is 3.67. The second kappa shape index (κ2) is 7.93. The minimum Gasteiger partial charge on any atom is -0.481 e. The minimum atomic E-state index is 0.574. The number of pyridine rings is 1. The summed E-state index contributed by atoms with van der Waals surface area (Å²) in [6.07, 6.45) is 3.46. The van der Waals surface area contributed by atoms with Gasteiger partial charge in [0.15, 0.2) is 0 Å². The highest BCUT2D eigenvalue weighted by Gasteiger charge is 2.03. The van der Waals surface area contributed by atoms with Crippen LogP contribution in [-0.4, -0.2) is 29.1 Å². The van der Waals surface area contributed by atoms with E-state index >= 15 is 0 Å². The van der Waals surface area contributed by atoms with Gasteiger partial charge in [0, 0.05) is 24.9 Å². The number of hydrogen-bond donors (Lipinski definition) is 2. The number of hydrogen-bond acceptors (Lipinski definition) is 6. The van der Waals surface area contributed by atoms with Crippen LogP contribution in [-0.2, 0) is 0 Å². The maximum atomic E-state index is 5.01. The molecule has 2 N–H and O–H groups in total. The van der Waals surface area contributed by atoms with E-state index in [-0.39, 0.29) is 0 Å². The number of anilines is 3. The van der Waals surface area contributed by atoms with Crippen molar-refractivity contribution in [1.29, 1.82) is 0 Å². The van der Waals surface area contributed by atoms with E-state index in [0.717, 1.165) is 17.1 Å². The summed E-state index contributed by atoms with van der Waals surface area (Å²) in [4.78, 5) is 12.6. The molecule has 0 fully saturated rings. The van der Waals surface area contributed by atoms with E-state index in [9.17, 15) is 0 Å². The number of nitrogens with one attached hydrogen (secondary N) is 2. The molecular weight excluding hydrogens is 254 g/mol. The van der Waals surface area contributed by atoms with Crippen molar-refractivity contribution in [3.63, 3.8) is 0 Å². The van der Waals surface area contributed by atoms with Gasteiger partial charge in [-0.2, -0.15) is 4.98 Å². The Morgan fingerprint density at radius 3 is 2.40 bits per heavy atom.